The second kappa shape index (κ2) is 32.0. The standard InChI is InChI=1S/C15H31NO6.2C2H6.H2/c1-3-4-6-19-10-11-20-7-5-16-15(17)14-22-13-12-21-9-8-18-2;2*1-2;/h3-14H2,1-2H3,(H,16,17);2*1-2H3;1H. The number of carbonyl (C=O) groups excluding carboxylic acids is 1. The highest BCUT2D eigenvalue weighted by atomic mass is 16.5. The summed E-state index contributed by atoms with van der Waals surface area (Å²) >= 11 is 0. The van der Waals surface area contributed by atoms with Crippen LogP contribution in [-0.4, -0.2) is 79.0 Å². The molecule has 0 heterocycles. The molecular formula is C19H45NO6. The van der Waals surface area contributed by atoms with Crippen LogP contribution in [-0.2, 0) is 28.5 Å². The van der Waals surface area contributed by atoms with Crippen LogP contribution >= 0.6 is 0 Å². The number of rotatable bonds is 17. The van der Waals surface area contributed by atoms with Crippen LogP contribution in [0.4, 0.5) is 0 Å². The highest BCUT2D eigenvalue weighted by molar-refractivity contribution is 5.77. The number of carbonyl (C=O) groups is 1. The average molecular weight is 384 g/mol. The largest absolute Gasteiger partial charge is 0.382 e. The smallest absolute Gasteiger partial charge is 0.246 e. The summed E-state index contributed by atoms with van der Waals surface area (Å²) < 4.78 is 25.9. The Morgan fingerprint density at radius 3 is 1.85 bits per heavy atom. The summed E-state index contributed by atoms with van der Waals surface area (Å²) in [6.45, 7) is 15.0. The van der Waals surface area contributed by atoms with Gasteiger partial charge in [-0.1, -0.05) is 41.0 Å². The lowest BCUT2D eigenvalue weighted by atomic mass is 10.4. The van der Waals surface area contributed by atoms with E-state index in [-0.39, 0.29) is 13.9 Å². The second-order valence-corrected chi connectivity index (χ2v) is 4.59. The molecule has 0 bridgehead atoms. The van der Waals surface area contributed by atoms with Crippen LogP contribution in [0, 0.1) is 0 Å². The molecule has 0 spiro atoms. The number of amides is 1. The van der Waals surface area contributed by atoms with Crippen LogP contribution < -0.4 is 5.32 Å². The minimum absolute atomic E-state index is 0. The number of unbranched alkanes of at least 4 members (excludes halogenated alkanes) is 1. The van der Waals surface area contributed by atoms with Gasteiger partial charge in [-0.2, -0.15) is 0 Å². The minimum Gasteiger partial charge on any atom is -0.382 e. The van der Waals surface area contributed by atoms with Crippen molar-refractivity contribution in [3.05, 3.63) is 0 Å². The number of nitrogens with one attached hydrogen (secondary N) is 1. The molecule has 1 amide bonds. The van der Waals surface area contributed by atoms with Crippen LogP contribution in [0.15, 0.2) is 0 Å². The fourth-order valence-corrected chi connectivity index (χ4v) is 1.41. The molecule has 162 valence electrons. The Balaban J connectivity index is -0.000000492. The average Bonchev–Trinajstić information content (AvgIpc) is 2.69. The first-order valence-corrected chi connectivity index (χ1v) is 9.87. The van der Waals surface area contributed by atoms with E-state index in [0.29, 0.717) is 52.8 Å². The van der Waals surface area contributed by atoms with E-state index in [2.05, 4.69) is 12.2 Å². The summed E-state index contributed by atoms with van der Waals surface area (Å²) in [6.07, 6.45) is 2.21. The van der Waals surface area contributed by atoms with E-state index in [1.165, 1.54) is 0 Å². The summed E-state index contributed by atoms with van der Waals surface area (Å²) in [7, 11) is 1.62. The van der Waals surface area contributed by atoms with Crippen molar-refractivity contribution in [2.24, 2.45) is 0 Å². The third kappa shape index (κ3) is 31.1. The molecule has 7 nitrogen and oxygen atoms in total. The molecule has 0 saturated carbocycles. The van der Waals surface area contributed by atoms with Crippen molar-refractivity contribution >= 4 is 5.91 Å². The zero-order valence-corrected chi connectivity index (χ0v) is 17.9. The van der Waals surface area contributed by atoms with Crippen LogP contribution in [0.1, 0.15) is 48.9 Å². The van der Waals surface area contributed by atoms with Gasteiger partial charge in [-0.25, -0.2) is 0 Å². The molecule has 0 aromatic carbocycles. The predicted molar refractivity (Wildman–Crippen MR) is 108 cm³/mol. The van der Waals surface area contributed by atoms with Crippen molar-refractivity contribution < 1.29 is 29.9 Å². The maximum Gasteiger partial charge on any atom is 0.246 e. The third-order valence-corrected chi connectivity index (χ3v) is 2.62. The number of hydrogen-bond donors (Lipinski definition) is 1. The topological polar surface area (TPSA) is 75.3 Å². The van der Waals surface area contributed by atoms with E-state index in [1.54, 1.807) is 7.11 Å². The van der Waals surface area contributed by atoms with Crippen molar-refractivity contribution in [1.82, 2.24) is 5.32 Å². The van der Waals surface area contributed by atoms with Crippen molar-refractivity contribution in [2.75, 3.05) is 73.1 Å². The molecule has 0 aromatic heterocycles. The molecule has 26 heavy (non-hydrogen) atoms. The molecule has 0 aliphatic carbocycles. The second-order valence-electron chi connectivity index (χ2n) is 4.59. The zero-order valence-electron chi connectivity index (χ0n) is 17.9. The van der Waals surface area contributed by atoms with Crippen LogP contribution in [0.5, 0.6) is 0 Å². The lowest BCUT2D eigenvalue weighted by Gasteiger charge is -2.08. The monoisotopic (exact) mass is 383 g/mol. The Morgan fingerprint density at radius 2 is 1.27 bits per heavy atom. The van der Waals surface area contributed by atoms with Crippen LogP contribution in [0.25, 0.3) is 0 Å². The van der Waals surface area contributed by atoms with Gasteiger partial charge in [0.05, 0.1) is 46.2 Å². The highest BCUT2D eigenvalue weighted by Gasteiger charge is 2.00. The zero-order chi connectivity index (χ0) is 20.3. The van der Waals surface area contributed by atoms with Crippen LogP contribution in [0.2, 0.25) is 0 Å². The van der Waals surface area contributed by atoms with Crippen molar-refractivity contribution in [1.29, 1.82) is 0 Å². The van der Waals surface area contributed by atoms with E-state index in [9.17, 15) is 4.79 Å². The predicted octanol–water partition coefficient (Wildman–Crippen LogP) is 2.91. The maximum absolute atomic E-state index is 11.4. The third-order valence-electron chi connectivity index (χ3n) is 2.62. The normalized spacial score (nSPS) is 9.62. The summed E-state index contributed by atoms with van der Waals surface area (Å²) in [5.74, 6) is -0.153. The van der Waals surface area contributed by atoms with Gasteiger partial charge in [0, 0.05) is 21.7 Å². The molecule has 0 aliphatic rings. The molecule has 0 radical (unpaired) electrons. The Kier molecular flexibility index (Phi) is 36.9. The lowest BCUT2D eigenvalue weighted by Crippen LogP contribution is -2.31. The summed E-state index contributed by atoms with van der Waals surface area (Å²) in [5.41, 5.74) is 0. The molecule has 0 aliphatic heterocycles. The van der Waals surface area contributed by atoms with Crippen molar-refractivity contribution in [2.45, 2.75) is 47.5 Å². The van der Waals surface area contributed by atoms with E-state index in [4.69, 9.17) is 23.7 Å². The van der Waals surface area contributed by atoms with Crippen molar-refractivity contribution in [3.63, 3.8) is 0 Å². The van der Waals surface area contributed by atoms with E-state index in [0.717, 1.165) is 19.4 Å². The quantitative estimate of drug-likeness (QED) is 0.389. The first-order valence-electron chi connectivity index (χ1n) is 9.87. The number of ether oxygens (including phenoxy) is 5. The minimum atomic E-state index is -0.153. The van der Waals surface area contributed by atoms with Gasteiger partial charge in [-0.3, -0.25) is 4.79 Å². The van der Waals surface area contributed by atoms with E-state index in [1.807, 2.05) is 27.7 Å². The molecule has 0 rings (SSSR count). The summed E-state index contributed by atoms with van der Waals surface area (Å²) in [5, 5.41) is 2.71. The molecule has 0 aromatic rings. The molecule has 0 atom stereocenters. The van der Waals surface area contributed by atoms with Gasteiger partial charge >= 0.3 is 0 Å². The first-order chi connectivity index (χ1) is 12.8. The van der Waals surface area contributed by atoms with Crippen LogP contribution in [0.3, 0.4) is 0 Å². The van der Waals surface area contributed by atoms with Gasteiger partial charge in [-0.05, 0) is 6.42 Å². The van der Waals surface area contributed by atoms with Crippen molar-refractivity contribution in [3.8, 4) is 0 Å². The maximum atomic E-state index is 11.4. The number of methoxy groups -OCH3 is 1. The van der Waals surface area contributed by atoms with Gasteiger partial charge in [0.1, 0.15) is 6.61 Å². The Hall–Kier alpha value is -0.730. The molecular weight excluding hydrogens is 338 g/mol. The fraction of sp³-hybridized carbons (Fsp3) is 0.947. The van der Waals surface area contributed by atoms with Gasteiger partial charge in [-0.15, -0.1) is 0 Å². The summed E-state index contributed by atoms with van der Waals surface area (Å²) in [4.78, 5) is 11.4. The van der Waals surface area contributed by atoms with Gasteiger partial charge < -0.3 is 29.0 Å². The molecule has 1 N–H and O–H groups in total. The molecule has 0 unspecified atom stereocenters. The highest BCUT2D eigenvalue weighted by Crippen LogP contribution is 1.87. The van der Waals surface area contributed by atoms with Gasteiger partial charge in [0.25, 0.3) is 0 Å². The summed E-state index contributed by atoms with van der Waals surface area (Å²) in [6, 6.07) is 0. The first kappa shape index (κ1) is 30.0. The van der Waals surface area contributed by atoms with Gasteiger partial charge in [0.15, 0.2) is 0 Å². The SMILES string of the molecule is CC.CC.CCCCOCCOCCNC(=O)COCCOCCOC.[HH]. The Morgan fingerprint density at radius 1 is 0.769 bits per heavy atom. The van der Waals surface area contributed by atoms with E-state index < -0.39 is 0 Å². The lowest BCUT2D eigenvalue weighted by molar-refractivity contribution is -0.126. The Labute approximate surface area is 162 Å². The van der Waals surface area contributed by atoms with Gasteiger partial charge in [0.2, 0.25) is 5.91 Å². The molecule has 0 fully saturated rings. The Bertz CT molecular complexity index is 248. The molecule has 7 heteroatoms. The molecule has 0 saturated heterocycles. The number of hydrogen-bond acceptors (Lipinski definition) is 6. The van der Waals surface area contributed by atoms with E-state index >= 15 is 0 Å². The fourth-order valence-electron chi connectivity index (χ4n) is 1.41.